The first kappa shape index (κ1) is 20.4. The van der Waals surface area contributed by atoms with Gasteiger partial charge in [0.2, 0.25) is 0 Å². The van der Waals surface area contributed by atoms with Gasteiger partial charge in [0.15, 0.2) is 0 Å². The molecule has 1 N–H and O–H groups in total. The molecule has 1 aliphatic rings. The van der Waals surface area contributed by atoms with Gasteiger partial charge in [-0.15, -0.1) is 0 Å². The Morgan fingerprint density at radius 1 is 1.19 bits per heavy atom. The van der Waals surface area contributed by atoms with Crippen LogP contribution in [0.5, 0.6) is 11.5 Å². The number of nitrogens with zero attached hydrogens (tertiary/aromatic N) is 1. The van der Waals surface area contributed by atoms with Crippen molar-refractivity contribution in [2.45, 2.75) is 51.2 Å². The molecule has 26 heavy (non-hydrogen) atoms. The van der Waals surface area contributed by atoms with E-state index in [1.54, 1.807) is 26.2 Å². The van der Waals surface area contributed by atoms with E-state index >= 15 is 0 Å². The smallest absolute Gasteiger partial charge is 0.317 e. The minimum atomic E-state index is -0.104. The standard InChI is InChI=1S/C20H32N2O4/c1-22(15-16-14-18(24-2)10-11-19(16)25-3)20(23)21-12-7-13-26-17-8-5-4-6-9-17/h10-11,14,17H,4-9,12-13,15H2,1-3H3,(H,21,23). The number of rotatable bonds is 9. The van der Waals surface area contributed by atoms with Crippen molar-refractivity contribution >= 4 is 6.03 Å². The summed E-state index contributed by atoms with van der Waals surface area (Å²) in [6.45, 7) is 1.77. The van der Waals surface area contributed by atoms with Crippen molar-refractivity contribution in [3.05, 3.63) is 23.8 Å². The van der Waals surface area contributed by atoms with Gasteiger partial charge in [0.05, 0.1) is 26.9 Å². The molecule has 1 aromatic carbocycles. The molecule has 0 unspecified atom stereocenters. The normalized spacial score (nSPS) is 14.7. The van der Waals surface area contributed by atoms with Gasteiger partial charge in [0, 0.05) is 25.8 Å². The van der Waals surface area contributed by atoms with Gasteiger partial charge in [0.1, 0.15) is 11.5 Å². The molecule has 0 aliphatic heterocycles. The Hall–Kier alpha value is -1.95. The van der Waals surface area contributed by atoms with Gasteiger partial charge < -0.3 is 24.4 Å². The van der Waals surface area contributed by atoms with Crippen LogP contribution in [-0.4, -0.2) is 51.5 Å². The summed E-state index contributed by atoms with van der Waals surface area (Å²) >= 11 is 0. The largest absolute Gasteiger partial charge is 0.497 e. The third kappa shape index (κ3) is 6.41. The van der Waals surface area contributed by atoms with Crippen LogP contribution in [0.15, 0.2) is 18.2 Å². The summed E-state index contributed by atoms with van der Waals surface area (Å²) < 4.78 is 16.5. The molecule has 6 nitrogen and oxygen atoms in total. The number of hydrogen-bond donors (Lipinski definition) is 1. The Kier molecular flexibility index (Phi) is 8.54. The van der Waals surface area contributed by atoms with Crippen molar-refractivity contribution in [1.29, 1.82) is 0 Å². The topological polar surface area (TPSA) is 60.0 Å². The monoisotopic (exact) mass is 364 g/mol. The Balaban J connectivity index is 1.70. The van der Waals surface area contributed by atoms with Gasteiger partial charge in [-0.05, 0) is 37.5 Å². The Labute approximate surface area is 156 Å². The number of carbonyl (C=O) groups is 1. The SMILES string of the molecule is COc1ccc(OC)c(CN(C)C(=O)NCCCOC2CCCCC2)c1. The van der Waals surface area contributed by atoms with E-state index in [1.807, 2.05) is 18.2 Å². The predicted octanol–water partition coefficient (Wildman–Crippen LogP) is 3.58. The van der Waals surface area contributed by atoms with Crippen molar-refractivity contribution < 1.29 is 19.0 Å². The number of nitrogens with one attached hydrogen (secondary N) is 1. The van der Waals surface area contributed by atoms with Crippen LogP contribution in [0.4, 0.5) is 4.79 Å². The van der Waals surface area contributed by atoms with Gasteiger partial charge in [-0.3, -0.25) is 0 Å². The molecule has 146 valence electrons. The fourth-order valence-electron chi connectivity index (χ4n) is 3.22. The zero-order chi connectivity index (χ0) is 18.8. The molecule has 0 saturated heterocycles. The third-order valence-electron chi connectivity index (χ3n) is 4.74. The Morgan fingerprint density at radius 3 is 2.65 bits per heavy atom. The van der Waals surface area contributed by atoms with E-state index in [9.17, 15) is 4.79 Å². The highest BCUT2D eigenvalue weighted by molar-refractivity contribution is 5.73. The van der Waals surface area contributed by atoms with Gasteiger partial charge in [-0.1, -0.05) is 19.3 Å². The van der Waals surface area contributed by atoms with E-state index < -0.39 is 0 Å². The summed E-state index contributed by atoms with van der Waals surface area (Å²) in [6, 6.07) is 5.48. The maximum absolute atomic E-state index is 12.3. The van der Waals surface area contributed by atoms with E-state index in [-0.39, 0.29) is 6.03 Å². The average Bonchev–Trinajstić information content (AvgIpc) is 2.68. The Morgan fingerprint density at radius 2 is 1.96 bits per heavy atom. The first-order chi connectivity index (χ1) is 12.6. The van der Waals surface area contributed by atoms with Crippen LogP contribution in [0.2, 0.25) is 0 Å². The molecule has 1 aliphatic carbocycles. The molecule has 0 spiro atoms. The van der Waals surface area contributed by atoms with Crippen molar-refractivity contribution in [3.63, 3.8) is 0 Å². The number of amides is 2. The first-order valence-corrected chi connectivity index (χ1v) is 9.45. The molecule has 2 rings (SSSR count). The third-order valence-corrected chi connectivity index (χ3v) is 4.74. The summed E-state index contributed by atoms with van der Waals surface area (Å²) in [5.74, 6) is 1.49. The lowest BCUT2D eigenvalue weighted by Gasteiger charge is -2.22. The molecule has 0 atom stereocenters. The molecule has 1 aromatic rings. The lowest BCUT2D eigenvalue weighted by atomic mass is 9.98. The van der Waals surface area contributed by atoms with Crippen LogP contribution < -0.4 is 14.8 Å². The van der Waals surface area contributed by atoms with Crippen LogP contribution in [0.3, 0.4) is 0 Å². The fraction of sp³-hybridized carbons (Fsp3) is 0.650. The number of carbonyl (C=O) groups excluding carboxylic acids is 1. The van der Waals surface area contributed by atoms with Crippen molar-refractivity contribution in [1.82, 2.24) is 10.2 Å². The molecule has 2 amide bonds. The van der Waals surface area contributed by atoms with Crippen LogP contribution >= 0.6 is 0 Å². The summed E-state index contributed by atoms with van der Waals surface area (Å²) in [5, 5.41) is 2.94. The summed E-state index contributed by atoms with van der Waals surface area (Å²) in [4.78, 5) is 13.9. The summed E-state index contributed by atoms with van der Waals surface area (Å²) in [7, 11) is 5.02. The number of urea groups is 1. The minimum absolute atomic E-state index is 0.104. The van der Waals surface area contributed by atoms with E-state index in [4.69, 9.17) is 14.2 Å². The van der Waals surface area contributed by atoms with Crippen molar-refractivity contribution in [2.75, 3.05) is 34.4 Å². The summed E-state index contributed by atoms with van der Waals surface area (Å²) in [6.07, 6.45) is 7.50. The van der Waals surface area contributed by atoms with Crippen molar-refractivity contribution in [3.8, 4) is 11.5 Å². The van der Waals surface area contributed by atoms with Gasteiger partial charge in [-0.2, -0.15) is 0 Å². The van der Waals surface area contributed by atoms with Crippen molar-refractivity contribution in [2.24, 2.45) is 0 Å². The lowest BCUT2D eigenvalue weighted by Crippen LogP contribution is -2.37. The predicted molar refractivity (Wildman–Crippen MR) is 102 cm³/mol. The van der Waals surface area contributed by atoms with Crippen LogP contribution in [0.25, 0.3) is 0 Å². The van der Waals surface area contributed by atoms with E-state index in [0.29, 0.717) is 25.8 Å². The zero-order valence-corrected chi connectivity index (χ0v) is 16.3. The number of benzene rings is 1. The molecule has 1 fully saturated rings. The second-order valence-electron chi connectivity index (χ2n) is 6.75. The first-order valence-electron chi connectivity index (χ1n) is 9.45. The second-order valence-corrected chi connectivity index (χ2v) is 6.75. The highest BCUT2D eigenvalue weighted by atomic mass is 16.5. The van der Waals surface area contributed by atoms with E-state index in [0.717, 1.165) is 23.5 Å². The number of hydrogen-bond acceptors (Lipinski definition) is 4. The molecule has 0 aromatic heterocycles. The lowest BCUT2D eigenvalue weighted by molar-refractivity contribution is 0.0275. The molecule has 6 heteroatoms. The maximum atomic E-state index is 12.3. The zero-order valence-electron chi connectivity index (χ0n) is 16.3. The van der Waals surface area contributed by atoms with E-state index in [1.165, 1.54) is 32.1 Å². The van der Waals surface area contributed by atoms with Crippen LogP contribution in [0.1, 0.15) is 44.1 Å². The number of ether oxygens (including phenoxy) is 3. The van der Waals surface area contributed by atoms with Gasteiger partial charge in [-0.25, -0.2) is 4.79 Å². The minimum Gasteiger partial charge on any atom is -0.497 e. The van der Waals surface area contributed by atoms with E-state index in [2.05, 4.69) is 5.32 Å². The van der Waals surface area contributed by atoms with Gasteiger partial charge >= 0.3 is 6.03 Å². The Bertz CT molecular complexity index is 559. The number of methoxy groups -OCH3 is 2. The molecule has 0 heterocycles. The summed E-state index contributed by atoms with van der Waals surface area (Å²) in [5.41, 5.74) is 0.908. The highest BCUT2D eigenvalue weighted by Crippen LogP contribution is 2.25. The average molecular weight is 364 g/mol. The molecular formula is C20H32N2O4. The van der Waals surface area contributed by atoms with Crippen LogP contribution in [-0.2, 0) is 11.3 Å². The maximum Gasteiger partial charge on any atom is 0.317 e. The van der Waals surface area contributed by atoms with Crippen LogP contribution in [0, 0.1) is 0 Å². The fourth-order valence-corrected chi connectivity index (χ4v) is 3.22. The second kappa shape index (κ2) is 10.9. The van der Waals surface area contributed by atoms with Gasteiger partial charge in [0.25, 0.3) is 0 Å². The molecular weight excluding hydrogens is 332 g/mol. The molecule has 0 bridgehead atoms. The molecule has 1 saturated carbocycles. The molecule has 0 radical (unpaired) electrons. The quantitative estimate of drug-likeness (QED) is 0.681. The highest BCUT2D eigenvalue weighted by Gasteiger charge is 2.14.